The standard InChI is InChI=1S/C13H18N2O2/c1-9-7-11(8-16)3-4-12(9)15-6-5-14-13(17)10(15)2/h3-4,7,10,16H,5-6,8H2,1-2H3,(H,14,17). The Bertz CT molecular complexity index is 431. The minimum absolute atomic E-state index is 0.0527. The van der Waals surface area contributed by atoms with E-state index in [0.717, 1.165) is 23.4 Å². The summed E-state index contributed by atoms with van der Waals surface area (Å²) in [5.41, 5.74) is 3.07. The van der Waals surface area contributed by atoms with E-state index in [-0.39, 0.29) is 18.6 Å². The van der Waals surface area contributed by atoms with E-state index < -0.39 is 0 Å². The minimum Gasteiger partial charge on any atom is -0.392 e. The van der Waals surface area contributed by atoms with Crippen LogP contribution in [0.4, 0.5) is 5.69 Å². The van der Waals surface area contributed by atoms with Crippen LogP contribution < -0.4 is 10.2 Å². The average molecular weight is 234 g/mol. The van der Waals surface area contributed by atoms with Gasteiger partial charge in [-0.2, -0.15) is 0 Å². The largest absolute Gasteiger partial charge is 0.392 e. The molecule has 1 heterocycles. The molecule has 0 aliphatic carbocycles. The number of nitrogens with zero attached hydrogens (tertiary/aromatic N) is 1. The molecule has 1 amide bonds. The van der Waals surface area contributed by atoms with E-state index in [0.29, 0.717) is 6.54 Å². The molecule has 1 aromatic rings. The second kappa shape index (κ2) is 4.75. The molecule has 4 nitrogen and oxygen atoms in total. The topological polar surface area (TPSA) is 52.6 Å². The van der Waals surface area contributed by atoms with Crippen LogP contribution in [-0.2, 0) is 11.4 Å². The van der Waals surface area contributed by atoms with Crippen molar-refractivity contribution in [2.24, 2.45) is 0 Å². The van der Waals surface area contributed by atoms with Gasteiger partial charge in [0.2, 0.25) is 5.91 Å². The number of aliphatic hydroxyl groups excluding tert-OH is 1. The summed E-state index contributed by atoms with van der Waals surface area (Å²) in [5.74, 6) is 0.0712. The molecular formula is C13H18N2O2. The van der Waals surface area contributed by atoms with Crippen molar-refractivity contribution in [3.05, 3.63) is 29.3 Å². The Balaban J connectivity index is 2.30. The highest BCUT2D eigenvalue weighted by Crippen LogP contribution is 2.24. The number of nitrogens with one attached hydrogen (secondary N) is 1. The molecule has 0 bridgehead atoms. The van der Waals surface area contributed by atoms with E-state index >= 15 is 0 Å². The maximum atomic E-state index is 11.6. The number of aliphatic hydroxyl groups is 1. The van der Waals surface area contributed by atoms with Gasteiger partial charge in [0.05, 0.1) is 6.61 Å². The van der Waals surface area contributed by atoms with Crippen molar-refractivity contribution in [2.45, 2.75) is 26.5 Å². The van der Waals surface area contributed by atoms with Gasteiger partial charge in [-0.3, -0.25) is 4.79 Å². The lowest BCUT2D eigenvalue weighted by Gasteiger charge is -2.35. The third kappa shape index (κ3) is 2.26. The fourth-order valence-corrected chi connectivity index (χ4v) is 2.25. The van der Waals surface area contributed by atoms with Crippen molar-refractivity contribution < 1.29 is 9.90 Å². The Labute approximate surface area is 101 Å². The quantitative estimate of drug-likeness (QED) is 0.796. The molecule has 0 aromatic heterocycles. The van der Waals surface area contributed by atoms with E-state index in [9.17, 15) is 4.79 Å². The summed E-state index contributed by atoms with van der Waals surface area (Å²) < 4.78 is 0. The number of carbonyl (C=O) groups is 1. The molecule has 92 valence electrons. The van der Waals surface area contributed by atoms with Crippen molar-refractivity contribution in [3.8, 4) is 0 Å². The number of hydrogen-bond acceptors (Lipinski definition) is 3. The van der Waals surface area contributed by atoms with Gasteiger partial charge in [0, 0.05) is 18.8 Å². The summed E-state index contributed by atoms with van der Waals surface area (Å²) in [4.78, 5) is 13.7. The highest BCUT2D eigenvalue weighted by molar-refractivity contribution is 5.86. The molecule has 1 aliphatic heterocycles. The maximum Gasteiger partial charge on any atom is 0.242 e. The second-order valence-corrected chi connectivity index (χ2v) is 4.44. The van der Waals surface area contributed by atoms with E-state index in [1.807, 2.05) is 32.0 Å². The van der Waals surface area contributed by atoms with E-state index in [1.165, 1.54) is 0 Å². The third-order valence-corrected chi connectivity index (χ3v) is 3.25. The summed E-state index contributed by atoms with van der Waals surface area (Å²) in [6.07, 6.45) is 0. The Morgan fingerprint density at radius 2 is 2.29 bits per heavy atom. The van der Waals surface area contributed by atoms with Gasteiger partial charge in [0.25, 0.3) is 0 Å². The molecule has 1 aliphatic rings. The van der Waals surface area contributed by atoms with Crippen LogP contribution in [0.15, 0.2) is 18.2 Å². The number of benzene rings is 1. The zero-order valence-electron chi connectivity index (χ0n) is 10.2. The maximum absolute atomic E-state index is 11.6. The molecule has 4 heteroatoms. The van der Waals surface area contributed by atoms with Crippen LogP contribution in [0.5, 0.6) is 0 Å². The molecule has 1 unspecified atom stereocenters. The highest BCUT2D eigenvalue weighted by Gasteiger charge is 2.26. The van der Waals surface area contributed by atoms with Gasteiger partial charge < -0.3 is 15.3 Å². The molecule has 1 fully saturated rings. The first kappa shape index (κ1) is 11.9. The van der Waals surface area contributed by atoms with Crippen molar-refractivity contribution in [3.63, 3.8) is 0 Å². The summed E-state index contributed by atoms with van der Waals surface area (Å²) in [6.45, 7) is 5.48. The summed E-state index contributed by atoms with van der Waals surface area (Å²) in [6, 6.07) is 5.72. The summed E-state index contributed by atoms with van der Waals surface area (Å²) >= 11 is 0. The number of anilines is 1. The molecule has 17 heavy (non-hydrogen) atoms. The minimum atomic E-state index is -0.137. The second-order valence-electron chi connectivity index (χ2n) is 4.44. The van der Waals surface area contributed by atoms with Crippen LogP contribution in [-0.4, -0.2) is 30.1 Å². The van der Waals surface area contributed by atoms with Crippen molar-refractivity contribution in [2.75, 3.05) is 18.0 Å². The Morgan fingerprint density at radius 1 is 1.53 bits per heavy atom. The fourth-order valence-electron chi connectivity index (χ4n) is 2.25. The first-order valence-electron chi connectivity index (χ1n) is 5.88. The molecule has 0 radical (unpaired) electrons. The molecular weight excluding hydrogens is 216 g/mol. The first-order valence-corrected chi connectivity index (χ1v) is 5.88. The van der Waals surface area contributed by atoms with Crippen molar-refractivity contribution in [1.29, 1.82) is 0 Å². The fraction of sp³-hybridized carbons (Fsp3) is 0.462. The molecule has 2 N–H and O–H groups in total. The molecule has 0 saturated carbocycles. The molecule has 2 rings (SSSR count). The van der Waals surface area contributed by atoms with Crippen molar-refractivity contribution in [1.82, 2.24) is 5.32 Å². The molecule has 1 aromatic carbocycles. The van der Waals surface area contributed by atoms with E-state index in [1.54, 1.807) is 0 Å². The van der Waals surface area contributed by atoms with Gasteiger partial charge >= 0.3 is 0 Å². The molecule has 1 saturated heterocycles. The zero-order valence-corrected chi connectivity index (χ0v) is 10.2. The lowest BCUT2D eigenvalue weighted by molar-refractivity contribution is -0.122. The summed E-state index contributed by atoms with van der Waals surface area (Å²) in [5, 5.41) is 11.9. The van der Waals surface area contributed by atoms with Crippen LogP contribution in [0.1, 0.15) is 18.1 Å². The number of rotatable bonds is 2. The monoisotopic (exact) mass is 234 g/mol. The Kier molecular flexibility index (Phi) is 3.33. The smallest absolute Gasteiger partial charge is 0.242 e. The Hall–Kier alpha value is -1.55. The summed E-state index contributed by atoms with van der Waals surface area (Å²) in [7, 11) is 0. The van der Waals surface area contributed by atoms with Crippen LogP contribution in [0.3, 0.4) is 0 Å². The van der Waals surface area contributed by atoms with Gasteiger partial charge in [0.15, 0.2) is 0 Å². The predicted octanol–water partition coefficient (Wildman–Crippen LogP) is 0.812. The third-order valence-electron chi connectivity index (χ3n) is 3.25. The molecule has 0 spiro atoms. The zero-order chi connectivity index (χ0) is 12.4. The number of carbonyl (C=O) groups excluding carboxylic acids is 1. The average Bonchev–Trinajstić information content (AvgIpc) is 2.33. The SMILES string of the molecule is Cc1cc(CO)ccc1N1CCNC(=O)C1C. The van der Waals surface area contributed by atoms with E-state index in [4.69, 9.17) is 5.11 Å². The number of piperazine rings is 1. The molecule has 1 atom stereocenters. The first-order chi connectivity index (χ1) is 8.13. The van der Waals surface area contributed by atoms with Crippen LogP contribution in [0.25, 0.3) is 0 Å². The van der Waals surface area contributed by atoms with Gasteiger partial charge in [-0.25, -0.2) is 0 Å². The lowest BCUT2D eigenvalue weighted by Crippen LogP contribution is -2.54. The number of amides is 1. The van der Waals surface area contributed by atoms with Gasteiger partial charge in [-0.05, 0) is 31.0 Å². The highest BCUT2D eigenvalue weighted by atomic mass is 16.3. The van der Waals surface area contributed by atoms with Gasteiger partial charge in [-0.15, -0.1) is 0 Å². The van der Waals surface area contributed by atoms with Crippen LogP contribution in [0, 0.1) is 6.92 Å². The number of aryl methyl sites for hydroxylation is 1. The number of hydrogen-bond donors (Lipinski definition) is 2. The Morgan fingerprint density at radius 3 is 2.94 bits per heavy atom. The van der Waals surface area contributed by atoms with Crippen LogP contribution in [0.2, 0.25) is 0 Å². The normalized spacial score (nSPS) is 20.3. The van der Waals surface area contributed by atoms with Gasteiger partial charge in [-0.1, -0.05) is 12.1 Å². The lowest BCUT2D eigenvalue weighted by atomic mass is 10.1. The van der Waals surface area contributed by atoms with Gasteiger partial charge in [0.1, 0.15) is 6.04 Å². The predicted molar refractivity (Wildman–Crippen MR) is 66.9 cm³/mol. The van der Waals surface area contributed by atoms with Crippen LogP contribution >= 0.6 is 0 Å². The van der Waals surface area contributed by atoms with Crippen molar-refractivity contribution >= 4 is 11.6 Å². The van der Waals surface area contributed by atoms with E-state index in [2.05, 4.69) is 10.2 Å².